The molecule has 0 atom stereocenters. The second-order valence-corrected chi connectivity index (χ2v) is 7.76. The molecule has 1 aliphatic carbocycles. The maximum absolute atomic E-state index is 12.5. The summed E-state index contributed by atoms with van der Waals surface area (Å²) in [6.45, 7) is 1.09. The standard InChI is InChI=1S/C19H17N3O3S/c23-17-15-12-2-1-3-14(12)26-19(15)22-16(21-17)18(24)20-9-10-4-5-13-11(8-10)6-7-25-13/h4-5,8H,1-3,6-7,9H2,(H,20,24)(H,21,22,23). The first-order valence-corrected chi connectivity index (χ1v) is 9.58. The first-order chi connectivity index (χ1) is 12.7. The lowest BCUT2D eigenvalue weighted by Gasteiger charge is -2.06. The van der Waals surface area contributed by atoms with Gasteiger partial charge in [-0.25, -0.2) is 4.98 Å². The van der Waals surface area contributed by atoms with Crippen molar-refractivity contribution in [3.63, 3.8) is 0 Å². The molecule has 1 aromatic carbocycles. The number of hydrogen-bond acceptors (Lipinski definition) is 5. The van der Waals surface area contributed by atoms with E-state index in [1.807, 2.05) is 18.2 Å². The van der Waals surface area contributed by atoms with Crippen molar-refractivity contribution in [2.75, 3.05) is 6.61 Å². The number of fused-ring (bicyclic) bond motifs is 4. The molecule has 0 unspecified atom stereocenters. The molecule has 1 amide bonds. The average Bonchev–Trinajstić information content (AvgIpc) is 3.33. The van der Waals surface area contributed by atoms with Crippen LogP contribution in [0.1, 0.15) is 38.6 Å². The largest absolute Gasteiger partial charge is 0.493 e. The number of aromatic nitrogens is 2. The van der Waals surface area contributed by atoms with Crippen LogP contribution in [0.3, 0.4) is 0 Å². The predicted octanol–water partition coefficient (Wildman–Crippen LogP) is 2.34. The number of amides is 1. The van der Waals surface area contributed by atoms with Crippen LogP contribution in [0.4, 0.5) is 0 Å². The van der Waals surface area contributed by atoms with E-state index >= 15 is 0 Å². The van der Waals surface area contributed by atoms with E-state index < -0.39 is 0 Å². The van der Waals surface area contributed by atoms with Gasteiger partial charge in [-0.3, -0.25) is 9.59 Å². The van der Waals surface area contributed by atoms with Gasteiger partial charge < -0.3 is 15.0 Å². The summed E-state index contributed by atoms with van der Waals surface area (Å²) in [7, 11) is 0. The quantitative estimate of drug-likeness (QED) is 0.744. The Morgan fingerprint density at radius 3 is 3.15 bits per heavy atom. The van der Waals surface area contributed by atoms with E-state index in [0.29, 0.717) is 23.4 Å². The summed E-state index contributed by atoms with van der Waals surface area (Å²) in [4.78, 5) is 33.9. The number of ether oxygens (including phenoxy) is 1. The van der Waals surface area contributed by atoms with Gasteiger partial charge in [0.05, 0.1) is 12.0 Å². The average molecular weight is 367 g/mol. The summed E-state index contributed by atoms with van der Waals surface area (Å²) >= 11 is 1.54. The van der Waals surface area contributed by atoms with Crippen LogP contribution < -0.4 is 15.6 Å². The van der Waals surface area contributed by atoms with Crippen LogP contribution in [0.25, 0.3) is 10.2 Å². The summed E-state index contributed by atoms with van der Waals surface area (Å²) < 4.78 is 5.49. The number of benzene rings is 1. The molecule has 7 heteroatoms. The molecular formula is C19H17N3O3S. The molecular weight excluding hydrogens is 350 g/mol. The Morgan fingerprint density at radius 2 is 2.23 bits per heavy atom. The SMILES string of the molecule is O=C(NCc1ccc2c(c1)CCO2)c1nc2sc3c(c2c(=O)[nH]1)CCC3. The van der Waals surface area contributed by atoms with E-state index in [1.165, 1.54) is 16.2 Å². The predicted molar refractivity (Wildman–Crippen MR) is 99.1 cm³/mol. The third kappa shape index (κ3) is 2.50. The van der Waals surface area contributed by atoms with Crippen molar-refractivity contribution in [2.45, 2.75) is 32.2 Å². The van der Waals surface area contributed by atoms with Gasteiger partial charge in [0, 0.05) is 17.8 Å². The second-order valence-electron chi connectivity index (χ2n) is 6.68. The highest BCUT2D eigenvalue weighted by Gasteiger charge is 2.22. The van der Waals surface area contributed by atoms with Crippen molar-refractivity contribution in [3.05, 3.63) is 55.9 Å². The van der Waals surface area contributed by atoms with Gasteiger partial charge in [-0.2, -0.15) is 0 Å². The highest BCUT2D eigenvalue weighted by molar-refractivity contribution is 7.18. The molecule has 26 heavy (non-hydrogen) atoms. The van der Waals surface area contributed by atoms with Crippen molar-refractivity contribution in [3.8, 4) is 5.75 Å². The molecule has 3 aromatic rings. The fourth-order valence-corrected chi connectivity index (χ4v) is 4.99. The summed E-state index contributed by atoms with van der Waals surface area (Å²) in [6, 6.07) is 5.92. The van der Waals surface area contributed by atoms with Crippen LogP contribution in [-0.2, 0) is 25.8 Å². The van der Waals surface area contributed by atoms with Crippen LogP contribution in [0, 0.1) is 0 Å². The Labute approximate surface area is 153 Å². The van der Waals surface area contributed by atoms with Gasteiger partial charge in [-0.1, -0.05) is 12.1 Å². The number of nitrogens with zero attached hydrogens (tertiary/aromatic N) is 1. The highest BCUT2D eigenvalue weighted by atomic mass is 32.1. The smallest absolute Gasteiger partial charge is 0.287 e. The number of thiophene rings is 1. The minimum Gasteiger partial charge on any atom is -0.493 e. The Morgan fingerprint density at radius 1 is 1.31 bits per heavy atom. The molecule has 2 N–H and O–H groups in total. The lowest BCUT2D eigenvalue weighted by Crippen LogP contribution is -2.27. The molecule has 0 bridgehead atoms. The second kappa shape index (κ2) is 5.95. The maximum atomic E-state index is 12.5. The molecule has 132 valence electrons. The Hall–Kier alpha value is -2.67. The van der Waals surface area contributed by atoms with Crippen LogP contribution in [0.5, 0.6) is 5.75 Å². The minimum absolute atomic E-state index is 0.0758. The number of rotatable bonds is 3. The van der Waals surface area contributed by atoms with Gasteiger partial charge in [-0.05, 0) is 42.0 Å². The van der Waals surface area contributed by atoms with Crippen molar-refractivity contribution < 1.29 is 9.53 Å². The van der Waals surface area contributed by atoms with E-state index in [1.54, 1.807) is 0 Å². The maximum Gasteiger partial charge on any atom is 0.287 e. The summed E-state index contributed by atoms with van der Waals surface area (Å²) in [5.74, 6) is 0.628. The molecule has 0 saturated carbocycles. The van der Waals surface area contributed by atoms with E-state index in [9.17, 15) is 9.59 Å². The topological polar surface area (TPSA) is 84.1 Å². The van der Waals surface area contributed by atoms with E-state index in [2.05, 4.69) is 15.3 Å². The zero-order valence-electron chi connectivity index (χ0n) is 14.1. The van der Waals surface area contributed by atoms with Gasteiger partial charge >= 0.3 is 0 Å². The van der Waals surface area contributed by atoms with E-state index in [4.69, 9.17) is 4.74 Å². The first kappa shape index (κ1) is 15.6. The molecule has 0 fully saturated rings. The Bertz CT molecular complexity index is 1100. The summed E-state index contributed by atoms with van der Waals surface area (Å²) in [6.07, 6.45) is 3.91. The lowest BCUT2D eigenvalue weighted by molar-refractivity contribution is 0.0940. The fourth-order valence-electron chi connectivity index (χ4n) is 3.73. The van der Waals surface area contributed by atoms with E-state index in [-0.39, 0.29) is 17.3 Å². The zero-order valence-corrected chi connectivity index (χ0v) is 14.9. The number of carbonyl (C=O) groups is 1. The summed E-state index contributed by atoms with van der Waals surface area (Å²) in [5, 5.41) is 3.50. The summed E-state index contributed by atoms with van der Waals surface area (Å²) in [5.41, 5.74) is 3.07. The van der Waals surface area contributed by atoms with Gasteiger partial charge in [0.1, 0.15) is 10.6 Å². The molecule has 2 aliphatic rings. The molecule has 0 radical (unpaired) electrons. The molecule has 2 aromatic heterocycles. The molecule has 0 saturated heterocycles. The Kier molecular flexibility index (Phi) is 3.56. The van der Waals surface area contributed by atoms with Gasteiger partial charge in [0.2, 0.25) is 5.82 Å². The third-order valence-corrected chi connectivity index (χ3v) is 6.18. The van der Waals surface area contributed by atoms with Crippen LogP contribution in [-0.4, -0.2) is 22.5 Å². The Balaban J connectivity index is 1.38. The van der Waals surface area contributed by atoms with Crippen molar-refractivity contribution in [2.24, 2.45) is 0 Å². The van der Waals surface area contributed by atoms with Crippen LogP contribution in [0.2, 0.25) is 0 Å². The first-order valence-electron chi connectivity index (χ1n) is 8.76. The number of aromatic amines is 1. The molecule has 3 heterocycles. The van der Waals surface area contributed by atoms with Crippen LogP contribution in [0.15, 0.2) is 23.0 Å². The van der Waals surface area contributed by atoms with Crippen molar-refractivity contribution in [1.29, 1.82) is 0 Å². The normalized spacial score (nSPS) is 14.9. The monoisotopic (exact) mass is 367 g/mol. The van der Waals surface area contributed by atoms with Gasteiger partial charge in [0.15, 0.2) is 0 Å². The van der Waals surface area contributed by atoms with Gasteiger partial charge in [-0.15, -0.1) is 11.3 Å². The lowest BCUT2D eigenvalue weighted by atomic mass is 10.1. The number of H-pyrrole nitrogens is 1. The molecule has 0 spiro atoms. The fraction of sp³-hybridized carbons (Fsp3) is 0.316. The highest BCUT2D eigenvalue weighted by Crippen LogP contribution is 2.34. The number of carbonyl (C=O) groups excluding carboxylic acids is 1. The molecule has 5 rings (SSSR count). The molecule has 6 nitrogen and oxygen atoms in total. The number of nitrogens with one attached hydrogen (secondary N) is 2. The number of aryl methyl sites for hydroxylation is 2. The van der Waals surface area contributed by atoms with Crippen LogP contribution >= 0.6 is 11.3 Å². The van der Waals surface area contributed by atoms with Gasteiger partial charge in [0.25, 0.3) is 11.5 Å². The number of hydrogen-bond donors (Lipinski definition) is 2. The van der Waals surface area contributed by atoms with E-state index in [0.717, 1.165) is 48.1 Å². The minimum atomic E-state index is -0.366. The molecule has 1 aliphatic heterocycles. The zero-order chi connectivity index (χ0) is 17.7. The van der Waals surface area contributed by atoms with Crippen molar-refractivity contribution in [1.82, 2.24) is 15.3 Å². The third-order valence-electron chi connectivity index (χ3n) is 5.00. The van der Waals surface area contributed by atoms with Crippen molar-refractivity contribution >= 4 is 27.5 Å².